The number of amides is 1. The van der Waals surface area contributed by atoms with Crippen LogP contribution in [0.2, 0.25) is 5.02 Å². The quantitative estimate of drug-likeness (QED) is 0.709. The fourth-order valence-corrected chi connectivity index (χ4v) is 6.33. The Morgan fingerprint density at radius 2 is 1.73 bits per heavy atom. The summed E-state index contributed by atoms with van der Waals surface area (Å²) in [4.78, 5) is 15.3. The highest BCUT2D eigenvalue weighted by molar-refractivity contribution is 7.89. The number of hydrogen-bond acceptors (Lipinski definition) is 4. The minimum atomic E-state index is -3.71. The van der Waals surface area contributed by atoms with E-state index in [0.29, 0.717) is 24.6 Å². The fourth-order valence-electron chi connectivity index (χ4n) is 4.31. The van der Waals surface area contributed by atoms with E-state index in [2.05, 4.69) is 24.1 Å². The molecule has 0 bridgehead atoms. The number of rotatable bonds is 6. The summed E-state index contributed by atoms with van der Waals surface area (Å²) in [6.07, 6.45) is 5.60. The summed E-state index contributed by atoms with van der Waals surface area (Å²) in [6.45, 7) is 8.46. The first kappa shape index (κ1) is 23.5. The van der Waals surface area contributed by atoms with E-state index in [1.165, 1.54) is 16.4 Å². The molecule has 0 unspecified atom stereocenters. The van der Waals surface area contributed by atoms with Gasteiger partial charge in [0.25, 0.3) is 5.91 Å². The second kappa shape index (κ2) is 10.4. The second-order valence-corrected chi connectivity index (χ2v) is 11.2. The molecule has 1 aromatic rings. The number of carbonyl (C=O) groups is 1. The molecule has 8 heteroatoms. The van der Waals surface area contributed by atoms with E-state index in [9.17, 15) is 13.2 Å². The highest BCUT2D eigenvalue weighted by Crippen LogP contribution is 2.28. The van der Waals surface area contributed by atoms with Gasteiger partial charge in [-0.25, -0.2) is 8.42 Å². The van der Waals surface area contributed by atoms with Crippen molar-refractivity contribution in [2.24, 2.45) is 5.92 Å². The predicted octanol–water partition coefficient (Wildman–Crippen LogP) is 3.75. The van der Waals surface area contributed by atoms with Gasteiger partial charge in [0.1, 0.15) is 4.90 Å². The molecule has 168 valence electrons. The van der Waals surface area contributed by atoms with Crippen molar-refractivity contribution < 1.29 is 13.2 Å². The van der Waals surface area contributed by atoms with Gasteiger partial charge >= 0.3 is 0 Å². The molecular weight excluding hydrogens is 422 g/mol. The third-order valence-corrected chi connectivity index (χ3v) is 8.30. The van der Waals surface area contributed by atoms with Crippen LogP contribution in [0.4, 0.5) is 0 Å². The highest BCUT2D eigenvalue weighted by Gasteiger charge is 2.29. The van der Waals surface area contributed by atoms with Crippen molar-refractivity contribution in [3.05, 3.63) is 28.8 Å². The molecular formula is C22H34ClN3O3S. The molecule has 0 saturated carbocycles. The molecule has 2 heterocycles. The Labute approximate surface area is 186 Å². The molecule has 0 aliphatic carbocycles. The van der Waals surface area contributed by atoms with Gasteiger partial charge in [-0.15, -0.1) is 0 Å². The summed E-state index contributed by atoms with van der Waals surface area (Å²) in [5, 5.41) is 3.24. The van der Waals surface area contributed by atoms with Crippen LogP contribution in [-0.2, 0) is 10.0 Å². The number of nitrogens with one attached hydrogen (secondary N) is 1. The third-order valence-electron chi connectivity index (χ3n) is 5.92. The Balaban J connectivity index is 1.68. The zero-order valence-electron chi connectivity index (χ0n) is 18.1. The van der Waals surface area contributed by atoms with Crippen LogP contribution in [-0.4, -0.2) is 62.3 Å². The van der Waals surface area contributed by atoms with E-state index < -0.39 is 10.0 Å². The van der Waals surface area contributed by atoms with Gasteiger partial charge in [0, 0.05) is 44.3 Å². The standard InChI is InChI=1S/C22H34ClN3O3S/c1-17(2)16-25-13-9-19(10-14-25)24-22(27)18-7-8-20(23)21(15-18)30(28,29)26-11-5-3-4-6-12-26/h7-8,15,17,19H,3-6,9-14,16H2,1-2H3,(H,24,27). The van der Waals surface area contributed by atoms with Crippen molar-refractivity contribution in [2.75, 3.05) is 32.7 Å². The molecule has 1 N–H and O–H groups in total. The second-order valence-electron chi connectivity index (χ2n) is 8.91. The molecule has 2 aliphatic heterocycles. The summed E-state index contributed by atoms with van der Waals surface area (Å²) >= 11 is 6.25. The van der Waals surface area contributed by atoms with Gasteiger partial charge < -0.3 is 10.2 Å². The van der Waals surface area contributed by atoms with E-state index in [-0.39, 0.29) is 21.9 Å². The molecule has 30 heavy (non-hydrogen) atoms. The largest absolute Gasteiger partial charge is 0.349 e. The molecule has 6 nitrogen and oxygen atoms in total. The van der Waals surface area contributed by atoms with Crippen LogP contribution in [0.1, 0.15) is 62.7 Å². The number of piperidine rings is 1. The monoisotopic (exact) mass is 455 g/mol. The average Bonchev–Trinajstić information content (AvgIpc) is 2.99. The molecule has 3 rings (SSSR count). The van der Waals surface area contributed by atoms with Crippen LogP contribution < -0.4 is 5.32 Å². The smallest absolute Gasteiger partial charge is 0.251 e. The summed E-state index contributed by atoms with van der Waals surface area (Å²) in [6, 6.07) is 4.67. The molecule has 0 aromatic heterocycles. The van der Waals surface area contributed by atoms with E-state index in [0.717, 1.165) is 58.2 Å². The van der Waals surface area contributed by atoms with Gasteiger partial charge in [-0.3, -0.25) is 4.79 Å². The molecule has 2 saturated heterocycles. The Bertz CT molecular complexity index is 828. The lowest BCUT2D eigenvalue weighted by Gasteiger charge is -2.33. The number of hydrogen-bond donors (Lipinski definition) is 1. The van der Waals surface area contributed by atoms with Gasteiger partial charge in [0.2, 0.25) is 10.0 Å². The molecule has 0 atom stereocenters. The van der Waals surface area contributed by atoms with Crippen LogP contribution in [0.3, 0.4) is 0 Å². The van der Waals surface area contributed by atoms with Crippen molar-refractivity contribution in [2.45, 2.75) is 63.3 Å². The Morgan fingerprint density at radius 3 is 2.33 bits per heavy atom. The zero-order chi connectivity index (χ0) is 21.7. The average molecular weight is 456 g/mol. The topological polar surface area (TPSA) is 69.7 Å². The van der Waals surface area contributed by atoms with Gasteiger partial charge in [0.05, 0.1) is 5.02 Å². The van der Waals surface area contributed by atoms with Crippen molar-refractivity contribution in [3.63, 3.8) is 0 Å². The number of sulfonamides is 1. The lowest BCUT2D eigenvalue weighted by molar-refractivity contribution is 0.0907. The van der Waals surface area contributed by atoms with Crippen LogP contribution >= 0.6 is 11.6 Å². The number of benzene rings is 1. The summed E-state index contributed by atoms with van der Waals surface area (Å²) in [5.41, 5.74) is 0.345. The molecule has 2 fully saturated rings. The number of carbonyl (C=O) groups excluding carboxylic acids is 1. The zero-order valence-corrected chi connectivity index (χ0v) is 19.6. The van der Waals surface area contributed by atoms with E-state index in [4.69, 9.17) is 11.6 Å². The van der Waals surface area contributed by atoms with Gasteiger partial charge in [-0.1, -0.05) is 38.3 Å². The maximum atomic E-state index is 13.2. The predicted molar refractivity (Wildman–Crippen MR) is 120 cm³/mol. The number of halogens is 1. The van der Waals surface area contributed by atoms with Crippen LogP contribution in [0.15, 0.2) is 23.1 Å². The lowest BCUT2D eigenvalue weighted by atomic mass is 10.0. The normalized spacial score (nSPS) is 20.3. The SMILES string of the molecule is CC(C)CN1CCC(NC(=O)c2ccc(Cl)c(S(=O)(=O)N3CCCCCC3)c2)CC1. The summed E-state index contributed by atoms with van der Waals surface area (Å²) in [7, 11) is -3.71. The molecule has 0 radical (unpaired) electrons. The van der Waals surface area contributed by atoms with Crippen LogP contribution in [0.25, 0.3) is 0 Å². The molecule has 2 aliphatic rings. The molecule has 0 spiro atoms. The Hall–Kier alpha value is -1.15. The molecule has 1 amide bonds. The van der Waals surface area contributed by atoms with Crippen molar-refractivity contribution in [3.8, 4) is 0 Å². The Kier molecular flexibility index (Phi) is 8.18. The van der Waals surface area contributed by atoms with Gasteiger partial charge in [0.15, 0.2) is 0 Å². The van der Waals surface area contributed by atoms with E-state index in [1.54, 1.807) is 6.07 Å². The van der Waals surface area contributed by atoms with E-state index >= 15 is 0 Å². The number of likely N-dealkylation sites (tertiary alicyclic amines) is 1. The maximum absolute atomic E-state index is 13.2. The fraction of sp³-hybridized carbons (Fsp3) is 0.682. The lowest BCUT2D eigenvalue weighted by Crippen LogP contribution is -2.45. The first-order valence-corrected chi connectivity index (χ1v) is 12.9. The van der Waals surface area contributed by atoms with Gasteiger partial charge in [-0.2, -0.15) is 4.31 Å². The van der Waals surface area contributed by atoms with Gasteiger partial charge in [-0.05, 0) is 49.8 Å². The summed E-state index contributed by atoms with van der Waals surface area (Å²) in [5.74, 6) is 0.399. The first-order chi connectivity index (χ1) is 14.3. The minimum Gasteiger partial charge on any atom is -0.349 e. The van der Waals surface area contributed by atoms with Crippen molar-refractivity contribution in [1.82, 2.24) is 14.5 Å². The number of nitrogens with zero attached hydrogens (tertiary/aromatic N) is 2. The highest BCUT2D eigenvalue weighted by atomic mass is 35.5. The van der Waals surface area contributed by atoms with E-state index in [1.807, 2.05) is 0 Å². The maximum Gasteiger partial charge on any atom is 0.251 e. The van der Waals surface area contributed by atoms with Crippen LogP contribution in [0, 0.1) is 5.92 Å². The molecule has 1 aromatic carbocycles. The van der Waals surface area contributed by atoms with Crippen molar-refractivity contribution in [1.29, 1.82) is 0 Å². The first-order valence-electron chi connectivity index (χ1n) is 11.1. The van der Waals surface area contributed by atoms with Crippen LogP contribution in [0.5, 0.6) is 0 Å². The minimum absolute atomic E-state index is 0.0328. The van der Waals surface area contributed by atoms with Crippen molar-refractivity contribution >= 4 is 27.5 Å². The third kappa shape index (κ3) is 5.96. The Morgan fingerprint density at radius 1 is 1.10 bits per heavy atom. The summed E-state index contributed by atoms with van der Waals surface area (Å²) < 4.78 is 27.8.